The minimum Gasteiger partial charge on any atom is -0.537 e. The first-order valence-corrected chi connectivity index (χ1v) is 38.9. The van der Waals surface area contributed by atoms with Crippen LogP contribution < -0.4 is 47.4 Å². The molecule has 20 heteroatoms. The van der Waals surface area contributed by atoms with Crippen LogP contribution in [0.2, 0.25) is 0 Å². The first-order chi connectivity index (χ1) is 54.2. The second kappa shape index (κ2) is 50.7. The molecule has 0 spiro atoms. The molecule has 0 N–H and O–H groups in total. The van der Waals surface area contributed by atoms with Gasteiger partial charge in [-0.2, -0.15) is 0 Å². The number of nitrogens with zero attached hydrogens (tertiary/aromatic N) is 5. The van der Waals surface area contributed by atoms with Gasteiger partial charge in [-0.15, -0.1) is 60.7 Å². The zero-order valence-corrected chi connectivity index (χ0v) is 84.6. The number of para-hydroxylation sites is 2. The van der Waals surface area contributed by atoms with Crippen molar-refractivity contribution in [2.45, 2.75) is 208 Å². The molecular formula is C99H112Ir5N5O10-5. The molecule has 0 atom stereocenters. The topological polar surface area (TPSA) is 157 Å². The zero-order valence-electron chi connectivity index (χ0n) is 72.6. The molecule has 5 aromatic heterocycles. The van der Waals surface area contributed by atoms with Crippen LogP contribution in [0.3, 0.4) is 0 Å². The molecule has 119 heavy (non-hydrogen) atoms. The molecule has 0 unspecified atom stereocenters. The van der Waals surface area contributed by atoms with Gasteiger partial charge in [0.15, 0.2) is 0 Å². The summed E-state index contributed by atoms with van der Waals surface area (Å²) in [4.78, 5) is 22.2. The van der Waals surface area contributed by atoms with Gasteiger partial charge in [-0.05, 0) is 235 Å². The monoisotopic (exact) mass is 2500 g/mol. The number of aromatic nitrogens is 5. The Morgan fingerprint density at radius 2 is 0.580 bits per heavy atom. The number of aryl methyl sites for hydroxylation is 5. The molecule has 643 valence electrons. The SMILES string of the molecule is CCOc1c[c-]c(-c2cc(C)ccn2)c(OC(C)C)c1.Cc1ccnc(-c2[c-]cc(OC(C)(C)C)c(C)c2OC(C)C)c1.Cc1ccnc(-c2[c-]cc(OC(C)(C)C)cc2OC(C)C)c1.Cc1ccnc(-c2[c-]cc(Oc3ccccc3)c(C)c2OC(C)C)c1.Cc1ccnc(-c2[c-]cc(Oc3ccccc3)cc2OC(C)C)c1.[Ir].[Ir].[Ir].[Ir].[Ir]. The van der Waals surface area contributed by atoms with Crippen molar-refractivity contribution in [1.29, 1.82) is 0 Å². The maximum absolute atomic E-state index is 6.10. The van der Waals surface area contributed by atoms with Crippen LogP contribution >= 0.6 is 0 Å². The minimum absolute atomic E-state index is 0. The van der Waals surface area contributed by atoms with Crippen LogP contribution in [0.25, 0.3) is 56.3 Å². The van der Waals surface area contributed by atoms with E-state index in [2.05, 4.69) is 62.2 Å². The van der Waals surface area contributed by atoms with Gasteiger partial charge < -0.3 is 72.3 Å². The number of pyridine rings is 5. The predicted octanol–water partition coefficient (Wildman–Crippen LogP) is 25.2. The van der Waals surface area contributed by atoms with Gasteiger partial charge in [-0.1, -0.05) is 166 Å². The van der Waals surface area contributed by atoms with E-state index in [9.17, 15) is 0 Å². The van der Waals surface area contributed by atoms with Crippen LogP contribution in [0.15, 0.2) is 201 Å². The van der Waals surface area contributed by atoms with Gasteiger partial charge in [0.25, 0.3) is 0 Å². The molecule has 12 rings (SSSR count). The maximum atomic E-state index is 6.10. The molecule has 7 aromatic carbocycles. The van der Waals surface area contributed by atoms with Crippen molar-refractivity contribution in [1.82, 2.24) is 24.9 Å². The molecule has 0 fully saturated rings. The van der Waals surface area contributed by atoms with E-state index in [0.717, 1.165) is 158 Å². The molecule has 5 heterocycles. The fraction of sp³-hybridized carbons (Fsp3) is 0.323. The maximum Gasteiger partial charge on any atom is 0.114 e. The van der Waals surface area contributed by atoms with Crippen molar-refractivity contribution in [3.8, 4) is 125 Å². The standard InChI is InChI=1S/C22H22NO2.C21H20NO2.C20H26NO2.C19H24NO2.C17H20NO2.5Ir/c1-15(2)24-22-17(4)21(25-18-8-6-5-7-9-18)11-10-19(22)20-14-16(3)12-13-23-20;1-15(2)23-21-14-18(24-17-7-5-4-6-8-17)9-10-19(21)20-13-16(3)11-12-22-20;1-13(2)22-19-15(4)18(23-20(5,6)7)9-8-16(19)17-12-14(3)10-11-21-17;1-13(2)21-18-12-15(22-19(4,5)6)7-8-16(18)17-11-14(3)9-10-20-17;1-5-19-14-6-7-15(17(11-14)20-12(2)3)16-10-13(4)8-9-18-16;;;;;/h5-9,11-15H,1-4H3;4-9,11-15H,1-3H3;9-13H,1-7H3;7,9-13H,1-6H3;6,8-12H,5H2,1-4H3;;;;;/q5*-1;;;;;. The number of hydrogen-bond donors (Lipinski definition) is 0. The summed E-state index contributed by atoms with van der Waals surface area (Å²) in [7, 11) is 0. The smallest absolute Gasteiger partial charge is 0.114 e. The largest absolute Gasteiger partial charge is 0.537 e. The van der Waals surface area contributed by atoms with Crippen LogP contribution in [-0.4, -0.2) is 73.2 Å². The van der Waals surface area contributed by atoms with E-state index in [1.54, 1.807) is 24.8 Å². The van der Waals surface area contributed by atoms with E-state index in [1.807, 2.05) is 335 Å². The molecule has 0 saturated heterocycles. The van der Waals surface area contributed by atoms with E-state index in [1.165, 1.54) is 0 Å². The van der Waals surface area contributed by atoms with Crippen LogP contribution in [0.5, 0.6) is 69.0 Å². The van der Waals surface area contributed by atoms with Gasteiger partial charge in [-0.3, -0.25) is 0 Å². The quantitative estimate of drug-likeness (QED) is 0.0557. The van der Waals surface area contributed by atoms with Crippen LogP contribution in [-0.2, 0) is 101 Å². The number of hydrogen-bond acceptors (Lipinski definition) is 15. The fourth-order valence-electron chi connectivity index (χ4n) is 11.2. The molecule has 15 nitrogen and oxygen atoms in total. The summed E-state index contributed by atoms with van der Waals surface area (Å²) in [6.07, 6.45) is 9.34. The Bertz CT molecular complexity index is 5060. The molecule has 12 aromatic rings. The third-order valence-electron chi connectivity index (χ3n) is 16.0. The van der Waals surface area contributed by atoms with Crippen molar-refractivity contribution in [3.05, 3.63) is 270 Å². The number of ether oxygens (including phenoxy) is 10. The fourth-order valence-corrected chi connectivity index (χ4v) is 11.2. The van der Waals surface area contributed by atoms with Gasteiger partial charge in [0.2, 0.25) is 0 Å². The summed E-state index contributed by atoms with van der Waals surface area (Å²) in [5.41, 5.74) is 15.7. The molecule has 0 aliphatic heterocycles. The van der Waals surface area contributed by atoms with E-state index < -0.39 is 0 Å². The van der Waals surface area contributed by atoms with Crippen LogP contribution in [0.4, 0.5) is 0 Å². The summed E-state index contributed by atoms with van der Waals surface area (Å²) < 4.78 is 59.3. The Morgan fingerprint density at radius 1 is 0.294 bits per heavy atom. The Hall–Kier alpha value is -8.46. The molecule has 5 radical (unpaired) electrons. The normalized spacial score (nSPS) is 10.6. The second-order valence-corrected chi connectivity index (χ2v) is 30.8. The second-order valence-electron chi connectivity index (χ2n) is 30.8. The average Bonchev–Trinajstić information content (AvgIpc) is 0.810. The van der Waals surface area contributed by atoms with Crippen molar-refractivity contribution in [2.75, 3.05) is 6.61 Å². The van der Waals surface area contributed by atoms with E-state index >= 15 is 0 Å². The van der Waals surface area contributed by atoms with E-state index in [-0.39, 0.29) is 142 Å². The third kappa shape index (κ3) is 34.5. The summed E-state index contributed by atoms with van der Waals surface area (Å²) >= 11 is 0. The van der Waals surface area contributed by atoms with Gasteiger partial charge in [0.1, 0.15) is 11.5 Å². The van der Waals surface area contributed by atoms with E-state index in [4.69, 9.17) is 47.4 Å². The van der Waals surface area contributed by atoms with Crippen molar-refractivity contribution in [3.63, 3.8) is 0 Å². The Labute approximate surface area is 775 Å². The van der Waals surface area contributed by atoms with Crippen LogP contribution in [0.1, 0.15) is 157 Å². The molecule has 0 aliphatic carbocycles. The number of rotatable bonds is 23. The Morgan fingerprint density at radius 3 is 0.908 bits per heavy atom. The van der Waals surface area contributed by atoms with Crippen molar-refractivity contribution < 1.29 is 148 Å². The zero-order chi connectivity index (χ0) is 82.8. The Balaban J connectivity index is 0.000000381. The first kappa shape index (κ1) is 105. The van der Waals surface area contributed by atoms with Gasteiger partial charge in [-0.25, -0.2) is 0 Å². The van der Waals surface area contributed by atoms with Gasteiger partial charge in [0.05, 0.1) is 54.1 Å². The molecule has 0 saturated carbocycles. The molecule has 0 amide bonds. The summed E-state index contributed by atoms with van der Waals surface area (Å²) in [5.74, 6) is 9.07. The van der Waals surface area contributed by atoms with Crippen LogP contribution in [0, 0.1) is 78.8 Å². The molecular weight excluding hydrogens is 2380 g/mol. The number of benzene rings is 7. The minimum atomic E-state index is -0.267. The Kier molecular flexibility index (Phi) is 44.6. The predicted molar refractivity (Wildman–Crippen MR) is 459 cm³/mol. The summed E-state index contributed by atoms with van der Waals surface area (Å²) in [6.45, 7) is 49.1. The van der Waals surface area contributed by atoms with Gasteiger partial charge in [0, 0.05) is 183 Å². The summed E-state index contributed by atoms with van der Waals surface area (Å²) in [6, 6.07) is 70.7. The van der Waals surface area contributed by atoms with Gasteiger partial charge >= 0.3 is 0 Å². The molecule has 0 aliphatic rings. The molecule has 0 bridgehead atoms. The van der Waals surface area contributed by atoms with Crippen molar-refractivity contribution >= 4 is 0 Å². The van der Waals surface area contributed by atoms with E-state index in [0.29, 0.717) is 12.4 Å². The summed E-state index contributed by atoms with van der Waals surface area (Å²) in [5, 5.41) is 0. The third-order valence-corrected chi connectivity index (χ3v) is 16.0. The van der Waals surface area contributed by atoms with Crippen molar-refractivity contribution in [2.24, 2.45) is 0 Å². The first-order valence-electron chi connectivity index (χ1n) is 38.9. The average molecular weight is 2490 g/mol.